The van der Waals surface area contributed by atoms with E-state index >= 15 is 0 Å². The van der Waals surface area contributed by atoms with Crippen LogP contribution in [-0.4, -0.2) is 72.0 Å². The normalized spacial score (nSPS) is 48.4. The molecule has 0 aromatic heterocycles. The SMILES string of the molecule is CC(O)C1(C(O)CCC(C)(C)O)CCC2(O)C3=CC(=O)C4CC(O)C(O)CC4(C)C3CCC21C. The average Bonchev–Trinajstić information content (AvgIpc) is 2.97. The van der Waals surface area contributed by atoms with E-state index in [-0.39, 0.29) is 18.1 Å². The summed E-state index contributed by atoms with van der Waals surface area (Å²) < 4.78 is 0. The van der Waals surface area contributed by atoms with Gasteiger partial charge in [0.15, 0.2) is 5.78 Å². The molecule has 0 aliphatic heterocycles. The predicted molar refractivity (Wildman–Crippen MR) is 127 cm³/mol. The van der Waals surface area contributed by atoms with Crippen LogP contribution in [0, 0.1) is 28.1 Å². The lowest BCUT2D eigenvalue weighted by Crippen LogP contribution is -2.65. The van der Waals surface area contributed by atoms with E-state index in [4.69, 9.17) is 0 Å². The smallest absolute Gasteiger partial charge is 0.159 e. The summed E-state index contributed by atoms with van der Waals surface area (Å²) in [7, 11) is 0. The maximum absolute atomic E-state index is 13.3. The number of carbonyl (C=O) groups is 1. The second-order valence-electron chi connectivity index (χ2n) is 13.0. The van der Waals surface area contributed by atoms with Crippen LogP contribution in [0.3, 0.4) is 0 Å². The minimum Gasteiger partial charge on any atom is -0.393 e. The van der Waals surface area contributed by atoms with E-state index in [1.165, 1.54) is 0 Å². The zero-order valence-corrected chi connectivity index (χ0v) is 21.3. The number of aliphatic hydroxyl groups excluding tert-OH is 4. The van der Waals surface area contributed by atoms with Gasteiger partial charge in [-0.1, -0.05) is 13.8 Å². The molecule has 10 atom stereocenters. The van der Waals surface area contributed by atoms with Crippen molar-refractivity contribution in [1.29, 1.82) is 0 Å². The van der Waals surface area contributed by atoms with Gasteiger partial charge in [0.1, 0.15) is 0 Å². The Morgan fingerprint density at radius 1 is 1.09 bits per heavy atom. The van der Waals surface area contributed by atoms with Crippen LogP contribution in [0.15, 0.2) is 11.6 Å². The fraction of sp³-hybridized carbons (Fsp3) is 0.889. The van der Waals surface area contributed by atoms with Gasteiger partial charge in [-0.3, -0.25) is 4.79 Å². The van der Waals surface area contributed by atoms with Crippen LogP contribution in [0.2, 0.25) is 0 Å². The van der Waals surface area contributed by atoms with Crippen molar-refractivity contribution >= 4 is 5.78 Å². The van der Waals surface area contributed by atoms with Gasteiger partial charge >= 0.3 is 0 Å². The third-order valence-corrected chi connectivity index (χ3v) is 10.8. The fourth-order valence-electron chi connectivity index (χ4n) is 8.72. The number of aliphatic hydroxyl groups is 6. The molecule has 0 heterocycles. The first-order chi connectivity index (χ1) is 15.5. The summed E-state index contributed by atoms with van der Waals surface area (Å²) in [5.74, 6) is -0.629. The Morgan fingerprint density at radius 3 is 2.32 bits per heavy atom. The molecule has 10 unspecified atom stereocenters. The lowest BCUT2D eigenvalue weighted by Gasteiger charge is -2.62. The van der Waals surface area contributed by atoms with Gasteiger partial charge < -0.3 is 30.6 Å². The molecule has 34 heavy (non-hydrogen) atoms. The number of allylic oxidation sites excluding steroid dienone is 1. The molecular formula is C27H44O7. The van der Waals surface area contributed by atoms with E-state index in [0.29, 0.717) is 50.5 Å². The Kier molecular flexibility index (Phi) is 6.24. The summed E-state index contributed by atoms with van der Waals surface area (Å²) in [5.41, 5.74) is -4.07. The number of rotatable bonds is 5. The van der Waals surface area contributed by atoms with Crippen molar-refractivity contribution in [3.8, 4) is 0 Å². The van der Waals surface area contributed by atoms with Gasteiger partial charge in [0.05, 0.1) is 35.6 Å². The summed E-state index contributed by atoms with van der Waals surface area (Å²) in [4.78, 5) is 13.3. The number of ketones is 1. The second kappa shape index (κ2) is 8.09. The van der Waals surface area contributed by atoms with Crippen LogP contribution in [0.4, 0.5) is 0 Å². The van der Waals surface area contributed by atoms with Gasteiger partial charge in [-0.25, -0.2) is 0 Å². The molecule has 0 amide bonds. The molecule has 6 N–H and O–H groups in total. The van der Waals surface area contributed by atoms with Gasteiger partial charge in [0.2, 0.25) is 0 Å². The van der Waals surface area contributed by atoms with Crippen molar-refractivity contribution in [2.45, 2.75) is 122 Å². The van der Waals surface area contributed by atoms with Crippen molar-refractivity contribution in [3.63, 3.8) is 0 Å². The van der Waals surface area contributed by atoms with E-state index in [1.807, 2.05) is 13.8 Å². The van der Waals surface area contributed by atoms with Gasteiger partial charge in [-0.05, 0) is 95.1 Å². The first-order valence-electron chi connectivity index (χ1n) is 13.0. The zero-order valence-electron chi connectivity index (χ0n) is 21.3. The Labute approximate surface area is 202 Å². The summed E-state index contributed by atoms with van der Waals surface area (Å²) in [6.07, 6.45) is 1.08. The van der Waals surface area contributed by atoms with Crippen LogP contribution < -0.4 is 0 Å². The third kappa shape index (κ3) is 3.41. The standard InChI is InChI=1S/C27H44O7/c1-15(28)26(22(32)7-8-23(2,3)33)10-11-27(34)17-12-19(29)18-13-20(30)21(31)14-24(18,4)16(17)6-9-25(26,27)5/h12,15-16,18,20-22,28,30-34H,6-11,13-14H2,1-5H3. The first-order valence-corrected chi connectivity index (χ1v) is 13.0. The van der Waals surface area contributed by atoms with E-state index < -0.39 is 57.8 Å². The molecule has 0 spiro atoms. The second-order valence-corrected chi connectivity index (χ2v) is 13.0. The minimum absolute atomic E-state index is 0.116. The predicted octanol–water partition coefficient (Wildman–Crippen LogP) is 1.85. The lowest BCUT2D eigenvalue weighted by molar-refractivity contribution is -0.195. The molecule has 3 saturated carbocycles. The monoisotopic (exact) mass is 480 g/mol. The highest BCUT2D eigenvalue weighted by molar-refractivity contribution is 5.95. The largest absolute Gasteiger partial charge is 0.393 e. The van der Waals surface area contributed by atoms with Crippen LogP contribution >= 0.6 is 0 Å². The Bertz CT molecular complexity index is 862. The molecule has 0 saturated heterocycles. The van der Waals surface area contributed by atoms with Crippen molar-refractivity contribution in [1.82, 2.24) is 0 Å². The van der Waals surface area contributed by atoms with Crippen molar-refractivity contribution < 1.29 is 35.4 Å². The Hall–Kier alpha value is -0.830. The van der Waals surface area contributed by atoms with Crippen LogP contribution in [0.25, 0.3) is 0 Å². The lowest BCUT2D eigenvalue weighted by atomic mass is 9.43. The third-order valence-electron chi connectivity index (χ3n) is 10.8. The minimum atomic E-state index is -1.37. The quantitative estimate of drug-likeness (QED) is 0.353. The van der Waals surface area contributed by atoms with Crippen LogP contribution in [0.1, 0.15) is 86.0 Å². The molecule has 0 aromatic carbocycles. The molecule has 4 rings (SSSR count). The highest BCUT2D eigenvalue weighted by atomic mass is 16.3. The Balaban J connectivity index is 1.76. The average molecular weight is 481 g/mol. The molecule has 3 fully saturated rings. The molecule has 4 aliphatic rings. The van der Waals surface area contributed by atoms with E-state index in [2.05, 4.69) is 0 Å². The molecular weight excluding hydrogens is 436 g/mol. The number of hydrogen-bond acceptors (Lipinski definition) is 7. The van der Waals surface area contributed by atoms with E-state index in [1.54, 1.807) is 26.8 Å². The van der Waals surface area contributed by atoms with Gasteiger partial charge in [-0.15, -0.1) is 0 Å². The molecule has 0 bridgehead atoms. The fourth-order valence-corrected chi connectivity index (χ4v) is 8.72. The summed E-state index contributed by atoms with van der Waals surface area (Å²) >= 11 is 0. The summed E-state index contributed by atoms with van der Waals surface area (Å²) in [6.45, 7) is 9.00. The van der Waals surface area contributed by atoms with Crippen molar-refractivity contribution in [2.24, 2.45) is 28.1 Å². The summed E-state index contributed by atoms with van der Waals surface area (Å²) in [6, 6.07) is 0. The van der Waals surface area contributed by atoms with Crippen LogP contribution in [0.5, 0.6) is 0 Å². The topological polar surface area (TPSA) is 138 Å². The van der Waals surface area contributed by atoms with Gasteiger partial charge in [-0.2, -0.15) is 0 Å². The molecule has 0 aromatic rings. The summed E-state index contributed by atoms with van der Waals surface area (Å²) in [5, 5.41) is 65.9. The number of hydrogen-bond donors (Lipinski definition) is 6. The molecule has 7 heteroatoms. The Morgan fingerprint density at radius 2 is 1.74 bits per heavy atom. The number of fused-ring (bicyclic) bond motifs is 5. The molecule has 7 nitrogen and oxygen atoms in total. The van der Waals surface area contributed by atoms with Crippen molar-refractivity contribution in [3.05, 3.63) is 11.6 Å². The number of carbonyl (C=O) groups excluding carboxylic acids is 1. The van der Waals surface area contributed by atoms with E-state index in [0.717, 1.165) is 0 Å². The zero-order chi connectivity index (χ0) is 25.5. The maximum atomic E-state index is 13.3. The molecule has 194 valence electrons. The van der Waals surface area contributed by atoms with E-state index in [9.17, 15) is 35.4 Å². The van der Waals surface area contributed by atoms with Crippen molar-refractivity contribution in [2.75, 3.05) is 0 Å². The molecule has 4 aliphatic carbocycles. The highest BCUT2D eigenvalue weighted by Crippen LogP contribution is 2.72. The highest BCUT2D eigenvalue weighted by Gasteiger charge is 2.73. The maximum Gasteiger partial charge on any atom is 0.159 e. The first kappa shape index (κ1) is 26.2. The molecule has 0 radical (unpaired) electrons. The van der Waals surface area contributed by atoms with Crippen LogP contribution in [-0.2, 0) is 4.79 Å². The van der Waals surface area contributed by atoms with Gasteiger partial charge in [0, 0.05) is 16.7 Å². The van der Waals surface area contributed by atoms with Gasteiger partial charge in [0.25, 0.3) is 0 Å².